The molecule has 16 heteroatoms. The van der Waals surface area contributed by atoms with E-state index in [4.69, 9.17) is 17.4 Å². The summed E-state index contributed by atoms with van der Waals surface area (Å²) in [5, 5.41) is -3.50. The number of sulfone groups is 3. The summed E-state index contributed by atoms with van der Waals surface area (Å²) in [4.78, 5) is -0.689. The monoisotopic (exact) mass is 484 g/mol. The summed E-state index contributed by atoms with van der Waals surface area (Å²) in [5.41, 5.74) is 1.46. The molecular weight excluding hydrogens is 468 g/mol. The van der Waals surface area contributed by atoms with Gasteiger partial charge in [-0.2, -0.15) is 8.42 Å². The summed E-state index contributed by atoms with van der Waals surface area (Å²) in [6, 6.07) is 4.01. The maximum absolute atomic E-state index is 13.1. The second-order valence-corrected chi connectivity index (χ2v) is 14.2. The first-order chi connectivity index (χ1) is 11.9. The van der Waals surface area contributed by atoms with Crippen LogP contribution in [0.3, 0.4) is 0 Å². The molecule has 0 aliphatic carbocycles. The van der Waals surface area contributed by atoms with E-state index in [-0.39, 0.29) is 5.02 Å². The first-order valence-corrected chi connectivity index (χ1v) is 14.2. The van der Waals surface area contributed by atoms with Crippen LogP contribution < -0.4 is 11.3 Å². The molecule has 27 heavy (non-hydrogen) atoms. The maximum atomic E-state index is 13.1. The predicted molar refractivity (Wildman–Crippen MR) is 98.1 cm³/mol. The van der Waals surface area contributed by atoms with Crippen LogP contribution in [0.5, 0.6) is 0 Å². The van der Waals surface area contributed by atoms with Crippen LogP contribution in [-0.4, -0.2) is 62.1 Å². The van der Waals surface area contributed by atoms with Gasteiger partial charge in [0.1, 0.15) is 0 Å². The first-order valence-electron chi connectivity index (χ1n) is 6.65. The number of nitrogens with one attached hydrogen (secondary N) is 1. The lowest BCUT2D eigenvalue weighted by atomic mass is 10.4. The Hall–Kier alpha value is -0.810. The number of rotatable bonds is 8. The van der Waals surface area contributed by atoms with E-state index in [0.29, 0.717) is 18.8 Å². The Morgan fingerprint density at radius 2 is 1.33 bits per heavy atom. The molecule has 0 saturated heterocycles. The number of benzene rings is 1. The fourth-order valence-corrected chi connectivity index (χ4v) is 10.8. The van der Waals surface area contributed by atoms with Crippen LogP contribution in [0.2, 0.25) is 5.02 Å². The quantitative estimate of drug-likeness (QED) is 0.192. The Morgan fingerprint density at radius 3 is 1.63 bits per heavy atom. The molecule has 0 bridgehead atoms. The number of hydrogen-bond acceptors (Lipinski definition) is 11. The zero-order valence-corrected chi connectivity index (χ0v) is 18.2. The average Bonchev–Trinajstić information content (AvgIpc) is 2.42. The third kappa shape index (κ3) is 5.17. The lowest BCUT2D eigenvalue weighted by molar-refractivity contribution is 0.137. The van der Waals surface area contributed by atoms with Crippen molar-refractivity contribution in [3.8, 4) is 0 Å². The summed E-state index contributed by atoms with van der Waals surface area (Å²) >= 11 is 5.67. The molecule has 1 rings (SSSR count). The van der Waals surface area contributed by atoms with Gasteiger partial charge in [0.25, 0.3) is 15.2 Å². The first kappa shape index (κ1) is 24.2. The van der Waals surface area contributed by atoms with E-state index in [9.17, 15) is 33.7 Å². The van der Waals surface area contributed by atoms with Crippen molar-refractivity contribution in [3.05, 3.63) is 29.3 Å². The van der Waals surface area contributed by atoms with Crippen molar-refractivity contribution in [2.24, 2.45) is 5.84 Å². The van der Waals surface area contributed by atoms with E-state index in [2.05, 4.69) is 4.18 Å². The summed E-state index contributed by atoms with van der Waals surface area (Å²) < 4.78 is 99.9. The van der Waals surface area contributed by atoms with Crippen LogP contribution >= 0.6 is 11.6 Å². The predicted octanol–water partition coefficient (Wildman–Crippen LogP) is -1.38. The molecule has 0 aliphatic heterocycles. The molecule has 0 aliphatic rings. The molecule has 1 aromatic rings. The normalized spacial score (nSPS) is 16.2. The van der Waals surface area contributed by atoms with Gasteiger partial charge in [0.15, 0.2) is 19.7 Å². The highest BCUT2D eigenvalue weighted by atomic mass is 35.5. The van der Waals surface area contributed by atoms with Crippen LogP contribution in [0.4, 0.5) is 0 Å². The Morgan fingerprint density at radius 1 is 0.926 bits per heavy atom. The largest absolute Gasteiger partial charge is 0.287 e. The van der Waals surface area contributed by atoms with E-state index < -0.39 is 54.2 Å². The Kier molecular flexibility index (Phi) is 6.77. The number of nitrogens with two attached hydrogens (primary N) is 1. The lowest BCUT2D eigenvalue weighted by Crippen LogP contribution is -2.68. The minimum absolute atomic E-state index is 0.104. The fourth-order valence-electron chi connectivity index (χ4n) is 2.28. The molecule has 1 unspecified atom stereocenters. The Bertz CT molecular complexity index is 1090. The topological polar surface area (TPSA) is 184 Å². The van der Waals surface area contributed by atoms with Crippen LogP contribution in [0.25, 0.3) is 0 Å². The molecule has 3 N–H and O–H groups in total. The third-order valence-corrected chi connectivity index (χ3v) is 10.8. The Labute approximate surface area is 162 Å². The third-order valence-electron chi connectivity index (χ3n) is 3.09. The number of halogens is 1. The highest BCUT2D eigenvalue weighted by Crippen LogP contribution is 2.35. The standard InChI is InChI=1S/C11H17ClN2O9S4/c1-24(15,16)10(25(2,17)18)11(14-13,23-26(3,19)20)27(21,22)9-6-4-8(12)5-7-9/h4-7,10,14H,13H2,1-3H3. The van der Waals surface area contributed by atoms with E-state index in [1.54, 1.807) is 0 Å². The van der Waals surface area contributed by atoms with Crippen molar-refractivity contribution in [1.29, 1.82) is 0 Å². The number of hydrogen-bond donors (Lipinski definition) is 2. The molecule has 1 atom stereocenters. The van der Waals surface area contributed by atoms with Gasteiger partial charge in [0, 0.05) is 17.5 Å². The van der Waals surface area contributed by atoms with Gasteiger partial charge in [-0.05, 0) is 24.3 Å². The van der Waals surface area contributed by atoms with Gasteiger partial charge in [-0.1, -0.05) is 11.6 Å². The van der Waals surface area contributed by atoms with Crippen LogP contribution in [0, 0.1) is 0 Å². The van der Waals surface area contributed by atoms with Gasteiger partial charge < -0.3 is 0 Å². The molecule has 0 fully saturated rings. The molecule has 0 aromatic heterocycles. The average molecular weight is 485 g/mol. The van der Waals surface area contributed by atoms with Gasteiger partial charge in [-0.25, -0.2) is 34.9 Å². The molecule has 0 spiro atoms. The molecule has 11 nitrogen and oxygen atoms in total. The highest BCUT2D eigenvalue weighted by molar-refractivity contribution is 8.10. The van der Waals surface area contributed by atoms with E-state index in [1.807, 2.05) is 0 Å². The van der Waals surface area contributed by atoms with Crippen molar-refractivity contribution in [2.75, 3.05) is 18.8 Å². The highest BCUT2D eigenvalue weighted by Gasteiger charge is 2.63. The van der Waals surface area contributed by atoms with Crippen molar-refractivity contribution < 1.29 is 37.9 Å². The van der Waals surface area contributed by atoms with E-state index in [0.717, 1.165) is 24.3 Å². The zero-order chi connectivity index (χ0) is 21.5. The van der Waals surface area contributed by atoms with Gasteiger partial charge in [-0.15, -0.1) is 0 Å². The van der Waals surface area contributed by atoms with Crippen LogP contribution in [0.1, 0.15) is 0 Å². The van der Waals surface area contributed by atoms with Crippen LogP contribution in [0.15, 0.2) is 29.2 Å². The van der Waals surface area contributed by atoms with Crippen molar-refractivity contribution in [1.82, 2.24) is 5.43 Å². The van der Waals surface area contributed by atoms with Crippen molar-refractivity contribution in [2.45, 2.75) is 14.5 Å². The maximum Gasteiger partial charge on any atom is 0.287 e. The molecule has 1 aromatic carbocycles. The second-order valence-electron chi connectivity index (χ2n) is 5.55. The minimum atomic E-state index is -5.18. The number of hydrazine groups is 1. The van der Waals surface area contributed by atoms with Crippen molar-refractivity contribution >= 4 is 51.2 Å². The van der Waals surface area contributed by atoms with Crippen LogP contribution in [-0.2, 0) is 43.8 Å². The summed E-state index contributed by atoms with van der Waals surface area (Å²) in [7, 11) is -19.5. The fraction of sp³-hybridized carbons (Fsp3) is 0.455. The SMILES string of the molecule is CS(=O)(=O)OC(NN)(C(S(C)(=O)=O)S(C)(=O)=O)S(=O)(=O)c1ccc(Cl)cc1. The van der Waals surface area contributed by atoms with Gasteiger partial charge in [0.2, 0.25) is 14.4 Å². The molecule has 0 heterocycles. The van der Waals surface area contributed by atoms with Gasteiger partial charge >= 0.3 is 0 Å². The lowest BCUT2D eigenvalue weighted by Gasteiger charge is -2.35. The molecule has 156 valence electrons. The minimum Gasteiger partial charge on any atom is -0.268 e. The molecule has 0 amide bonds. The Balaban J connectivity index is 4.08. The molecule has 0 radical (unpaired) electrons. The molecule has 0 saturated carbocycles. The van der Waals surface area contributed by atoms with E-state index in [1.165, 1.54) is 5.43 Å². The summed E-state index contributed by atoms with van der Waals surface area (Å²) in [5.74, 6) is 5.19. The zero-order valence-electron chi connectivity index (χ0n) is 14.1. The second kappa shape index (κ2) is 7.55. The summed E-state index contributed by atoms with van der Waals surface area (Å²) in [6.45, 7) is 0. The van der Waals surface area contributed by atoms with Gasteiger partial charge in [-0.3, -0.25) is 5.84 Å². The smallest absolute Gasteiger partial charge is 0.268 e. The van der Waals surface area contributed by atoms with E-state index >= 15 is 0 Å². The molecular formula is C11H17ClN2O9S4. The summed E-state index contributed by atoms with van der Waals surface area (Å²) in [6.07, 6.45) is 1.19. The van der Waals surface area contributed by atoms with Crippen molar-refractivity contribution in [3.63, 3.8) is 0 Å². The van der Waals surface area contributed by atoms with Gasteiger partial charge in [0.05, 0.1) is 11.2 Å².